The van der Waals surface area contributed by atoms with Gasteiger partial charge < -0.3 is 20.1 Å². The van der Waals surface area contributed by atoms with Crippen LogP contribution in [0.1, 0.15) is 29.6 Å². The van der Waals surface area contributed by atoms with Gasteiger partial charge in [-0.1, -0.05) is 6.42 Å². The molecule has 1 amide bonds. The topological polar surface area (TPSA) is 61.8 Å². The summed E-state index contributed by atoms with van der Waals surface area (Å²) in [6.07, 6.45) is 2.37. The van der Waals surface area contributed by atoms with E-state index < -0.39 is 0 Å². The highest BCUT2D eigenvalue weighted by molar-refractivity contribution is 5.94. The van der Waals surface area contributed by atoms with Gasteiger partial charge in [-0.05, 0) is 31.0 Å². The molecule has 1 aliphatic heterocycles. The predicted molar refractivity (Wildman–Crippen MR) is 85.1 cm³/mol. The largest absolute Gasteiger partial charge is 0.393 e. The van der Waals surface area contributed by atoms with Crippen molar-refractivity contribution in [2.45, 2.75) is 25.4 Å². The first kappa shape index (κ1) is 16.2. The summed E-state index contributed by atoms with van der Waals surface area (Å²) in [7, 11) is 0. The molecule has 1 saturated heterocycles. The van der Waals surface area contributed by atoms with Gasteiger partial charge in [0, 0.05) is 31.1 Å². The highest BCUT2D eigenvalue weighted by atomic mass is 19.1. The highest BCUT2D eigenvalue weighted by Gasteiger charge is 2.25. The van der Waals surface area contributed by atoms with E-state index in [2.05, 4.69) is 5.32 Å². The molecule has 2 atom stereocenters. The van der Waals surface area contributed by atoms with Gasteiger partial charge >= 0.3 is 0 Å². The summed E-state index contributed by atoms with van der Waals surface area (Å²) >= 11 is 0. The fourth-order valence-electron chi connectivity index (χ4n) is 3.29. The molecule has 126 valence electrons. The Hall–Kier alpha value is -1.66. The maximum atomic E-state index is 14.3. The van der Waals surface area contributed by atoms with Gasteiger partial charge in [0.1, 0.15) is 5.82 Å². The molecule has 2 N–H and O–H groups in total. The maximum Gasteiger partial charge on any atom is 0.251 e. The Labute approximate surface area is 135 Å². The first-order chi connectivity index (χ1) is 11.1. The summed E-state index contributed by atoms with van der Waals surface area (Å²) in [6, 6.07) is 4.58. The minimum atomic E-state index is -0.388. The summed E-state index contributed by atoms with van der Waals surface area (Å²) in [5.41, 5.74) is 0.822. The fraction of sp³-hybridized carbons (Fsp3) is 0.588. The highest BCUT2D eigenvalue weighted by Crippen LogP contribution is 2.25. The van der Waals surface area contributed by atoms with E-state index in [1.807, 2.05) is 4.90 Å². The molecule has 1 aromatic rings. The number of rotatable bonds is 4. The number of anilines is 1. The SMILES string of the molecule is O=C(NCC1CCCC1O)c1ccc(N2CCOCC2)c(F)c1. The second kappa shape index (κ2) is 7.27. The third-order valence-corrected chi connectivity index (χ3v) is 4.71. The Morgan fingerprint density at radius 3 is 2.78 bits per heavy atom. The van der Waals surface area contributed by atoms with E-state index in [0.717, 1.165) is 19.3 Å². The second-order valence-electron chi connectivity index (χ2n) is 6.23. The van der Waals surface area contributed by atoms with Crippen molar-refractivity contribution in [2.75, 3.05) is 37.7 Å². The number of carbonyl (C=O) groups excluding carboxylic acids is 1. The quantitative estimate of drug-likeness (QED) is 0.883. The Kier molecular flexibility index (Phi) is 5.13. The van der Waals surface area contributed by atoms with Gasteiger partial charge in [0.15, 0.2) is 0 Å². The van der Waals surface area contributed by atoms with Gasteiger partial charge in [-0.25, -0.2) is 4.39 Å². The minimum Gasteiger partial charge on any atom is -0.393 e. The Bertz CT molecular complexity index is 561. The van der Waals surface area contributed by atoms with Gasteiger partial charge in [-0.15, -0.1) is 0 Å². The normalized spacial score (nSPS) is 24.7. The number of aliphatic hydroxyl groups excluding tert-OH is 1. The number of nitrogens with one attached hydrogen (secondary N) is 1. The number of carbonyl (C=O) groups is 1. The first-order valence-electron chi connectivity index (χ1n) is 8.23. The van der Waals surface area contributed by atoms with Crippen molar-refractivity contribution < 1.29 is 19.0 Å². The number of aliphatic hydroxyl groups is 1. The van der Waals surface area contributed by atoms with Crippen molar-refractivity contribution in [1.29, 1.82) is 0 Å². The fourth-order valence-corrected chi connectivity index (χ4v) is 3.29. The average molecular weight is 322 g/mol. The van der Waals surface area contributed by atoms with Crippen LogP contribution in [-0.2, 0) is 4.74 Å². The van der Waals surface area contributed by atoms with E-state index in [4.69, 9.17) is 4.74 Å². The molecule has 2 unspecified atom stereocenters. The zero-order chi connectivity index (χ0) is 16.2. The van der Waals surface area contributed by atoms with Crippen LogP contribution in [0.4, 0.5) is 10.1 Å². The van der Waals surface area contributed by atoms with Gasteiger partial charge in [-0.3, -0.25) is 4.79 Å². The van der Waals surface area contributed by atoms with Crippen molar-refractivity contribution in [3.8, 4) is 0 Å². The van der Waals surface area contributed by atoms with E-state index in [1.54, 1.807) is 12.1 Å². The number of nitrogens with zero attached hydrogens (tertiary/aromatic N) is 1. The van der Waals surface area contributed by atoms with Crippen LogP contribution in [0.25, 0.3) is 0 Å². The molecule has 1 saturated carbocycles. The average Bonchev–Trinajstić information content (AvgIpc) is 2.98. The van der Waals surface area contributed by atoms with E-state index in [9.17, 15) is 14.3 Å². The Morgan fingerprint density at radius 2 is 2.13 bits per heavy atom. The minimum absolute atomic E-state index is 0.108. The third kappa shape index (κ3) is 3.82. The monoisotopic (exact) mass is 322 g/mol. The zero-order valence-electron chi connectivity index (χ0n) is 13.1. The van der Waals surface area contributed by atoms with E-state index >= 15 is 0 Å². The van der Waals surface area contributed by atoms with Crippen LogP contribution in [0.3, 0.4) is 0 Å². The zero-order valence-corrected chi connectivity index (χ0v) is 13.1. The van der Waals surface area contributed by atoms with Crippen LogP contribution < -0.4 is 10.2 Å². The number of halogens is 1. The smallest absolute Gasteiger partial charge is 0.251 e. The third-order valence-electron chi connectivity index (χ3n) is 4.71. The summed E-state index contributed by atoms with van der Waals surface area (Å²) in [6.45, 7) is 2.92. The standard InChI is InChI=1S/C17H23FN2O3/c18-14-10-12(4-5-15(14)20-6-8-23-9-7-20)17(22)19-11-13-2-1-3-16(13)21/h4-5,10,13,16,21H,1-3,6-9,11H2,(H,19,22). The molecule has 0 spiro atoms. The number of morpholine rings is 1. The molecule has 2 fully saturated rings. The van der Waals surface area contributed by atoms with Gasteiger partial charge in [-0.2, -0.15) is 0 Å². The molecule has 0 aromatic heterocycles. The van der Waals surface area contributed by atoms with Crippen molar-refractivity contribution >= 4 is 11.6 Å². The van der Waals surface area contributed by atoms with Crippen LogP contribution in [0.2, 0.25) is 0 Å². The van der Waals surface area contributed by atoms with Crippen LogP contribution in [-0.4, -0.2) is 50.0 Å². The molecule has 23 heavy (non-hydrogen) atoms. The van der Waals surface area contributed by atoms with Crippen molar-refractivity contribution in [3.63, 3.8) is 0 Å². The summed E-state index contributed by atoms with van der Waals surface area (Å²) in [4.78, 5) is 14.1. The van der Waals surface area contributed by atoms with Crippen LogP contribution in [0.5, 0.6) is 0 Å². The number of amides is 1. The number of ether oxygens (including phenoxy) is 1. The lowest BCUT2D eigenvalue weighted by Gasteiger charge is -2.29. The number of hydrogen-bond acceptors (Lipinski definition) is 4. The van der Waals surface area contributed by atoms with E-state index in [-0.39, 0.29) is 23.7 Å². The first-order valence-corrected chi connectivity index (χ1v) is 8.23. The molecule has 6 heteroatoms. The molecule has 1 heterocycles. The van der Waals surface area contributed by atoms with Crippen LogP contribution in [0, 0.1) is 11.7 Å². The van der Waals surface area contributed by atoms with Crippen LogP contribution >= 0.6 is 0 Å². The lowest BCUT2D eigenvalue weighted by molar-refractivity contribution is 0.0916. The molecule has 1 aliphatic carbocycles. The molecule has 0 bridgehead atoms. The Balaban J connectivity index is 1.61. The van der Waals surface area contributed by atoms with E-state index in [0.29, 0.717) is 44.1 Å². The maximum absolute atomic E-state index is 14.3. The van der Waals surface area contributed by atoms with Gasteiger partial charge in [0.2, 0.25) is 0 Å². The van der Waals surface area contributed by atoms with Crippen molar-refractivity contribution in [2.24, 2.45) is 5.92 Å². The summed E-state index contributed by atoms with van der Waals surface area (Å²) in [5.74, 6) is -0.576. The lowest BCUT2D eigenvalue weighted by Crippen LogP contribution is -2.37. The molecular weight excluding hydrogens is 299 g/mol. The summed E-state index contributed by atoms with van der Waals surface area (Å²) < 4.78 is 19.6. The molecule has 0 radical (unpaired) electrons. The predicted octanol–water partition coefficient (Wildman–Crippen LogP) is 1.55. The van der Waals surface area contributed by atoms with Crippen LogP contribution in [0.15, 0.2) is 18.2 Å². The van der Waals surface area contributed by atoms with E-state index in [1.165, 1.54) is 6.07 Å². The summed E-state index contributed by atoms with van der Waals surface area (Å²) in [5, 5.41) is 12.6. The van der Waals surface area contributed by atoms with Crippen molar-refractivity contribution in [3.05, 3.63) is 29.6 Å². The number of hydrogen-bond donors (Lipinski definition) is 2. The van der Waals surface area contributed by atoms with Crippen molar-refractivity contribution in [1.82, 2.24) is 5.32 Å². The molecule has 3 rings (SSSR count). The molecule has 2 aliphatic rings. The molecule has 1 aromatic carbocycles. The number of benzene rings is 1. The second-order valence-corrected chi connectivity index (χ2v) is 6.23. The molecular formula is C17H23FN2O3. The lowest BCUT2D eigenvalue weighted by atomic mass is 10.1. The van der Waals surface area contributed by atoms with Gasteiger partial charge in [0.25, 0.3) is 5.91 Å². The molecule has 5 nitrogen and oxygen atoms in total. The Morgan fingerprint density at radius 1 is 1.35 bits per heavy atom. The van der Waals surface area contributed by atoms with Gasteiger partial charge in [0.05, 0.1) is 25.0 Å².